The van der Waals surface area contributed by atoms with E-state index in [0.717, 1.165) is 5.56 Å². The predicted molar refractivity (Wildman–Crippen MR) is 76.5 cm³/mol. The number of hydrogen-bond acceptors (Lipinski definition) is 3. The second-order valence-electron chi connectivity index (χ2n) is 5.83. The average Bonchev–Trinajstić information content (AvgIpc) is 2.37. The molecule has 0 aromatic heterocycles. The second-order valence-corrected chi connectivity index (χ2v) is 5.83. The van der Waals surface area contributed by atoms with Gasteiger partial charge in [0.15, 0.2) is 0 Å². The minimum atomic E-state index is -0.676. The van der Waals surface area contributed by atoms with Crippen molar-refractivity contribution >= 4 is 5.91 Å². The van der Waals surface area contributed by atoms with Gasteiger partial charge in [0.1, 0.15) is 6.04 Å². The van der Waals surface area contributed by atoms with Gasteiger partial charge in [0.05, 0.1) is 0 Å². The molecular weight excluding hydrogens is 240 g/mol. The largest absolute Gasteiger partial charge is 0.396 e. The molecule has 4 N–H and O–H groups in total. The molecule has 0 aliphatic carbocycles. The Morgan fingerprint density at radius 2 is 1.89 bits per heavy atom. The minimum absolute atomic E-state index is 0.0444. The van der Waals surface area contributed by atoms with Crippen LogP contribution in [0.15, 0.2) is 30.3 Å². The van der Waals surface area contributed by atoms with Crippen LogP contribution in [0.3, 0.4) is 0 Å². The van der Waals surface area contributed by atoms with E-state index in [2.05, 4.69) is 5.32 Å². The SMILES string of the molecule is CC(C)(C)C(CCO)NC(=O)[C@@H](N)c1ccccc1. The van der Waals surface area contributed by atoms with Gasteiger partial charge in [0, 0.05) is 12.6 Å². The number of aliphatic hydroxyl groups is 1. The third kappa shape index (κ3) is 4.65. The third-order valence-electron chi connectivity index (χ3n) is 3.22. The molecule has 0 saturated heterocycles. The summed E-state index contributed by atoms with van der Waals surface area (Å²) in [5, 5.41) is 12.0. The van der Waals surface area contributed by atoms with Crippen molar-refractivity contribution in [2.75, 3.05) is 6.61 Å². The number of aliphatic hydroxyl groups excluding tert-OH is 1. The van der Waals surface area contributed by atoms with Gasteiger partial charge in [-0.2, -0.15) is 0 Å². The van der Waals surface area contributed by atoms with E-state index in [1.807, 2.05) is 51.1 Å². The average molecular weight is 264 g/mol. The van der Waals surface area contributed by atoms with Crippen LogP contribution in [0.5, 0.6) is 0 Å². The van der Waals surface area contributed by atoms with Crippen molar-refractivity contribution in [3.8, 4) is 0 Å². The summed E-state index contributed by atoms with van der Waals surface area (Å²) in [6.07, 6.45) is 0.525. The van der Waals surface area contributed by atoms with Crippen LogP contribution in [0, 0.1) is 5.41 Å². The van der Waals surface area contributed by atoms with Gasteiger partial charge in [0.25, 0.3) is 0 Å². The molecule has 1 unspecified atom stereocenters. The number of carbonyl (C=O) groups is 1. The number of nitrogens with one attached hydrogen (secondary N) is 1. The Morgan fingerprint density at radius 3 is 2.37 bits per heavy atom. The van der Waals surface area contributed by atoms with Crippen molar-refractivity contribution in [3.05, 3.63) is 35.9 Å². The van der Waals surface area contributed by atoms with Crippen LogP contribution in [0.25, 0.3) is 0 Å². The van der Waals surface area contributed by atoms with E-state index in [-0.39, 0.29) is 24.0 Å². The first-order chi connectivity index (χ1) is 8.86. The van der Waals surface area contributed by atoms with Gasteiger partial charge in [-0.25, -0.2) is 0 Å². The highest BCUT2D eigenvalue weighted by molar-refractivity contribution is 5.83. The molecule has 0 saturated carbocycles. The van der Waals surface area contributed by atoms with Gasteiger partial charge in [-0.1, -0.05) is 51.1 Å². The van der Waals surface area contributed by atoms with Crippen LogP contribution < -0.4 is 11.1 Å². The fourth-order valence-electron chi connectivity index (χ4n) is 1.92. The molecule has 4 heteroatoms. The zero-order chi connectivity index (χ0) is 14.5. The van der Waals surface area contributed by atoms with Crippen molar-refractivity contribution in [2.45, 2.75) is 39.3 Å². The Balaban J connectivity index is 2.72. The molecule has 1 aromatic rings. The highest BCUT2D eigenvalue weighted by atomic mass is 16.3. The maximum Gasteiger partial charge on any atom is 0.241 e. The lowest BCUT2D eigenvalue weighted by atomic mass is 9.84. The third-order valence-corrected chi connectivity index (χ3v) is 3.22. The molecule has 0 fully saturated rings. The number of nitrogens with two attached hydrogens (primary N) is 1. The van der Waals surface area contributed by atoms with Crippen molar-refractivity contribution in [2.24, 2.45) is 11.1 Å². The number of benzene rings is 1. The maximum absolute atomic E-state index is 12.2. The first-order valence-corrected chi connectivity index (χ1v) is 6.58. The lowest BCUT2D eigenvalue weighted by Gasteiger charge is -2.32. The number of rotatable bonds is 5. The molecular formula is C15H24N2O2. The van der Waals surface area contributed by atoms with Crippen LogP contribution in [0.2, 0.25) is 0 Å². The summed E-state index contributed by atoms with van der Waals surface area (Å²) in [5.41, 5.74) is 6.62. The molecule has 2 atom stereocenters. The fraction of sp³-hybridized carbons (Fsp3) is 0.533. The zero-order valence-corrected chi connectivity index (χ0v) is 11.9. The van der Waals surface area contributed by atoms with Crippen molar-refractivity contribution in [1.29, 1.82) is 0 Å². The quantitative estimate of drug-likeness (QED) is 0.756. The lowest BCUT2D eigenvalue weighted by Crippen LogP contribution is -2.47. The smallest absolute Gasteiger partial charge is 0.241 e. The molecule has 0 spiro atoms. The van der Waals surface area contributed by atoms with Gasteiger partial charge in [-0.05, 0) is 17.4 Å². The number of amides is 1. The predicted octanol–water partition coefficient (Wildman–Crippen LogP) is 1.60. The van der Waals surface area contributed by atoms with Crippen molar-refractivity contribution in [1.82, 2.24) is 5.32 Å². The summed E-state index contributed by atoms with van der Waals surface area (Å²) in [6.45, 7) is 6.13. The van der Waals surface area contributed by atoms with E-state index in [4.69, 9.17) is 10.8 Å². The first-order valence-electron chi connectivity index (χ1n) is 6.58. The molecule has 19 heavy (non-hydrogen) atoms. The molecule has 4 nitrogen and oxygen atoms in total. The zero-order valence-electron chi connectivity index (χ0n) is 11.9. The van der Waals surface area contributed by atoms with Crippen LogP contribution >= 0.6 is 0 Å². The van der Waals surface area contributed by atoms with E-state index in [0.29, 0.717) is 6.42 Å². The Labute approximate surface area is 115 Å². The standard InChI is InChI=1S/C15H24N2O2/c1-15(2,3)12(9-10-18)17-14(19)13(16)11-7-5-4-6-8-11/h4-8,12-13,18H,9-10,16H2,1-3H3,(H,17,19)/t12?,13-/m0/s1. The molecule has 0 aliphatic rings. The Bertz CT molecular complexity index is 398. The summed E-state index contributed by atoms with van der Waals surface area (Å²) in [6, 6.07) is 8.50. The van der Waals surface area contributed by atoms with Gasteiger partial charge < -0.3 is 16.2 Å². The summed E-state index contributed by atoms with van der Waals surface area (Å²) in [4.78, 5) is 12.2. The Morgan fingerprint density at radius 1 is 1.32 bits per heavy atom. The normalized spacial score (nSPS) is 14.8. The van der Waals surface area contributed by atoms with Gasteiger partial charge >= 0.3 is 0 Å². The van der Waals surface area contributed by atoms with Gasteiger partial charge in [-0.3, -0.25) is 4.79 Å². The summed E-state index contributed by atoms with van der Waals surface area (Å²) in [7, 11) is 0. The monoisotopic (exact) mass is 264 g/mol. The second kappa shape index (κ2) is 6.68. The molecule has 0 heterocycles. The molecule has 106 valence electrons. The topological polar surface area (TPSA) is 75.3 Å². The van der Waals surface area contributed by atoms with Gasteiger partial charge in [-0.15, -0.1) is 0 Å². The lowest BCUT2D eigenvalue weighted by molar-refractivity contribution is -0.124. The van der Waals surface area contributed by atoms with Crippen LogP contribution in [-0.2, 0) is 4.79 Å². The van der Waals surface area contributed by atoms with Crippen molar-refractivity contribution in [3.63, 3.8) is 0 Å². The van der Waals surface area contributed by atoms with Crippen LogP contribution in [0.4, 0.5) is 0 Å². The number of carbonyl (C=O) groups excluding carboxylic acids is 1. The van der Waals surface area contributed by atoms with Crippen LogP contribution in [-0.4, -0.2) is 23.7 Å². The maximum atomic E-state index is 12.2. The van der Waals surface area contributed by atoms with E-state index < -0.39 is 6.04 Å². The summed E-state index contributed by atoms with van der Waals surface area (Å²) < 4.78 is 0. The molecule has 0 radical (unpaired) electrons. The fourth-order valence-corrected chi connectivity index (χ4v) is 1.92. The van der Waals surface area contributed by atoms with Crippen LogP contribution in [0.1, 0.15) is 38.8 Å². The first kappa shape index (κ1) is 15.7. The van der Waals surface area contributed by atoms with Gasteiger partial charge in [0.2, 0.25) is 5.91 Å². The minimum Gasteiger partial charge on any atom is -0.396 e. The highest BCUT2D eigenvalue weighted by Crippen LogP contribution is 2.22. The molecule has 1 amide bonds. The highest BCUT2D eigenvalue weighted by Gasteiger charge is 2.27. The molecule has 0 bridgehead atoms. The van der Waals surface area contributed by atoms with E-state index in [1.165, 1.54) is 0 Å². The summed E-state index contributed by atoms with van der Waals surface area (Å²) in [5.74, 6) is -0.209. The van der Waals surface area contributed by atoms with Crippen molar-refractivity contribution < 1.29 is 9.90 Å². The molecule has 0 aliphatic heterocycles. The molecule has 1 rings (SSSR count). The Hall–Kier alpha value is -1.39. The molecule has 1 aromatic carbocycles. The summed E-state index contributed by atoms with van der Waals surface area (Å²) >= 11 is 0. The Kier molecular flexibility index (Phi) is 5.51. The number of hydrogen-bond donors (Lipinski definition) is 3. The van der Waals surface area contributed by atoms with E-state index in [1.54, 1.807) is 0 Å². The van der Waals surface area contributed by atoms with E-state index >= 15 is 0 Å². The van der Waals surface area contributed by atoms with E-state index in [9.17, 15) is 4.79 Å².